The molecule has 2 aromatic rings. The van der Waals surface area contributed by atoms with E-state index in [2.05, 4.69) is 35.4 Å². The van der Waals surface area contributed by atoms with Crippen LogP contribution in [0.15, 0.2) is 36.4 Å². The van der Waals surface area contributed by atoms with Gasteiger partial charge in [-0.15, -0.1) is 10.2 Å². The first-order chi connectivity index (χ1) is 8.16. The average molecular weight is 228 g/mol. The van der Waals surface area contributed by atoms with Crippen molar-refractivity contribution < 1.29 is 0 Å². The minimum absolute atomic E-state index is 0.424. The molecule has 0 saturated carbocycles. The molecule has 1 aromatic heterocycles. The summed E-state index contributed by atoms with van der Waals surface area (Å²) in [6.07, 6.45) is 0. The van der Waals surface area contributed by atoms with Gasteiger partial charge in [0, 0.05) is 5.69 Å². The third kappa shape index (κ3) is 2.72. The molecule has 2 rings (SSSR count). The minimum atomic E-state index is 0.424. The molecule has 0 bridgehead atoms. The summed E-state index contributed by atoms with van der Waals surface area (Å²) >= 11 is 0. The number of nitrogen functional groups attached to an aromatic ring is 1. The molecule has 0 spiro atoms. The standard InChI is InChI=1S/C13H16N4/c1-9(2)10-5-3-4-6-11(10)15-13-8-7-12(14)16-17-13/h3-9H,1-2H3,(H2,14,16)(H,15,17). The Hall–Kier alpha value is -2.10. The first-order valence-electron chi connectivity index (χ1n) is 5.62. The zero-order valence-corrected chi connectivity index (χ0v) is 10.0. The number of hydrogen-bond donors (Lipinski definition) is 2. The topological polar surface area (TPSA) is 63.8 Å². The molecule has 0 unspecified atom stereocenters. The summed E-state index contributed by atoms with van der Waals surface area (Å²) in [5, 5.41) is 11.1. The van der Waals surface area contributed by atoms with Gasteiger partial charge in [0.25, 0.3) is 0 Å². The Balaban J connectivity index is 2.26. The molecule has 4 heteroatoms. The van der Waals surface area contributed by atoms with Crippen LogP contribution in [-0.4, -0.2) is 10.2 Å². The van der Waals surface area contributed by atoms with Crippen molar-refractivity contribution >= 4 is 17.3 Å². The van der Waals surface area contributed by atoms with Crippen LogP contribution in [0.5, 0.6) is 0 Å². The number of para-hydroxylation sites is 1. The van der Waals surface area contributed by atoms with E-state index in [-0.39, 0.29) is 0 Å². The average Bonchev–Trinajstić information content (AvgIpc) is 2.32. The van der Waals surface area contributed by atoms with E-state index in [1.165, 1.54) is 5.56 Å². The molecule has 0 atom stereocenters. The van der Waals surface area contributed by atoms with Gasteiger partial charge < -0.3 is 11.1 Å². The highest BCUT2D eigenvalue weighted by molar-refractivity contribution is 5.61. The van der Waals surface area contributed by atoms with Gasteiger partial charge in [-0.05, 0) is 29.7 Å². The van der Waals surface area contributed by atoms with E-state index in [0.29, 0.717) is 17.6 Å². The van der Waals surface area contributed by atoms with E-state index in [1.807, 2.05) is 24.3 Å². The summed E-state index contributed by atoms with van der Waals surface area (Å²) in [6, 6.07) is 11.7. The van der Waals surface area contributed by atoms with Gasteiger partial charge in [-0.3, -0.25) is 0 Å². The van der Waals surface area contributed by atoms with Gasteiger partial charge in [-0.1, -0.05) is 32.0 Å². The molecule has 0 radical (unpaired) electrons. The van der Waals surface area contributed by atoms with Crippen molar-refractivity contribution in [3.63, 3.8) is 0 Å². The molecular weight excluding hydrogens is 212 g/mol. The van der Waals surface area contributed by atoms with Crippen LogP contribution in [-0.2, 0) is 0 Å². The molecule has 1 aromatic carbocycles. The summed E-state index contributed by atoms with van der Waals surface area (Å²) in [5.74, 6) is 1.58. The first kappa shape index (κ1) is 11.4. The molecule has 0 amide bonds. The highest BCUT2D eigenvalue weighted by atomic mass is 15.2. The second kappa shape index (κ2) is 4.82. The van der Waals surface area contributed by atoms with Gasteiger partial charge in [0.15, 0.2) is 5.82 Å². The van der Waals surface area contributed by atoms with Crippen LogP contribution >= 0.6 is 0 Å². The van der Waals surface area contributed by atoms with E-state index >= 15 is 0 Å². The van der Waals surface area contributed by atoms with Crippen molar-refractivity contribution in [2.24, 2.45) is 0 Å². The fraction of sp³-hybridized carbons (Fsp3) is 0.231. The Morgan fingerprint density at radius 1 is 1.06 bits per heavy atom. The number of nitrogens with one attached hydrogen (secondary N) is 1. The van der Waals surface area contributed by atoms with Gasteiger partial charge in [-0.2, -0.15) is 0 Å². The zero-order valence-electron chi connectivity index (χ0n) is 10.0. The monoisotopic (exact) mass is 228 g/mol. The van der Waals surface area contributed by atoms with Gasteiger partial charge in [0.05, 0.1) is 0 Å². The second-order valence-corrected chi connectivity index (χ2v) is 4.21. The van der Waals surface area contributed by atoms with Crippen LogP contribution in [0.2, 0.25) is 0 Å². The molecule has 4 nitrogen and oxygen atoms in total. The van der Waals surface area contributed by atoms with Crippen LogP contribution in [0.25, 0.3) is 0 Å². The molecule has 0 aliphatic heterocycles. The second-order valence-electron chi connectivity index (χ2n) is 4.21. The van der Waals surface area contributed by atoms with E-state index in [1.54, 1.807) is 6.07 Å². The predicted molar refractivity (Wildman–Crippen MR) is 70.3 cm³/mol. The molecule has 0 saturated heterocycles. The van der Waals surface area contributed by atoms with E-state index in [9.17, 15) is 0 Å². The van der Waals surface area contributed by atoms with Gasteiger partial charge in [0.2, 0.25) is 0 Å². The maximum absolute atomic E-state index is 5.50. The Morgan fingerprint density at radius 3 is 2.47 bits per heavy atom. The fourth-order valence-corrected chi connectivity index (χ4v) is 1.66. The molecular formula is C13H16N4. The number of nitrogens with two attached hydrogens (primary N) is 1. The maximum atomic E-state index is 5.50. The van der Waals surface area contributed by atoms with Crippen molar-refractivity contribution in [2.45, 2.75) is 19.8 Å². The van der Waals surface area contributed by atoms with Crippen LogP contribution < -0.4 is 11.1 Å². The lowest BCUT2D eigenvalue weighted by Gasteiger charge is -2.13. The summed E-state index contributed by atoms with van der Waals surface area (Å²) in [7, 11) is 0. The molecule has 17 heavy (non-hydrogen) atoms. The van der Waals surface area contributed by atoms with Crippen molar-refractivity contribution in [3.8, 4) is 0 Å². The Labute approximate surface area is 101 Å². The minimum Gasteiger partial charge on any atom is -0.382 e. The maximum Gasteiger partial charge on any atom is 0.153 e. The predicted octanol–water partition coefficient (Wildman–Crippen LogP) is 2.93. The number of benzene rings is 1. The first-order valence-corrected chi connectivity index (χ1v) is 5.62. The van der Waals surface area contributed by atoms with Gasteiger partial charge in [0.1, 0.15) is 5.82 Å². The molecule has 3 N–H and O–H groups in total. The summed E-state index contributed by atoms with van der Waals surface area (Å²) in [4.78, 5) is 0. The van der Waals surface area contributed by atoms with E-state index < -0.39 is 0 Å². The number of aromatic nitrogens is 2. The lowest BCUT2D eigenvalue weighted by Crippen LogP contribution is -2.01. The number of rotatable bonds is 3. The molecule has 88 valence electrons. The Kier molecular flexibility index (Phi) is 3.23. The van der Waals surface area contributed by atoms with Crippen molar-refractivity contribution in [3.05, 3.63) is 42.0 Å². The summed E-state index contributed by atoms with van der Waals surface area (Å²) in [6.45, 7) is 4.32. The zero-order chi connectivity index (χ0) is 12.3. The van der Waals surface area contributed by atoms with Crippen molar-refractivity contribution in [1.82, 2.24) is 10.2 Å². The Morgan fingerprint density at radius 2 is 1.82 bits per heavy atom. The Bertz CT molecular complexity index is 491. The van der Waals surface area contributed by atoms with Crippen LogP contribution in [0.1, 0.15) is 25.3 Å². The normalized spacial score (nSPS) is 10.5. The number of hydrogen-bond acceptors (Lipinski definition) is 4. The third-order valence-corrected chi connectivity index (χ3v) is 2.53. The molecule has 1 heterocycles. The van der Waals surface area contributed by atoms with Crippen molar-refractivity contribution in [1.29, 1.82) is 0 Å². The van der Waals surface area contributed by atoms with Gasteiger partial charge >= 0.3 is 0 Å². The number of nitrogens with zero attached hydrogens (tertiary/aromatic N) is 2. The van der Waals surface area contributed by atoms with Crippen molar-refractivity contribution in [2.75, 3.05) is 11.1 Å². The SMILES string of the molecule is CC(C)c1ccccc1Nc1ccc(N)nn1. The van der Waals surface area contributed by atoms with Crippen LogP contribution in [0.3, 0.4) is 0 Å². The van der Waals surface area contributed by atoms with Crippen LogP contribution in [0, 0.1) is 0 Å². The third-order valence-electron chi connectivity index (χ3n) is 2.53. The largest absolute Gasteiger partial charge is 0.382 e. The quantitative estimate of drug-likeness (QED) is 0.847. The lowest BCUT2D eigenvalue weighted by atomic mass is 10.0. The molecule has 0 aliphatic carbocycles. The fourth-order valence-electron chi connectivity index (χ4n) is 1.66. The van der Waals surface area contributed by atoms with E-state index in [4.69, 9.17) is 5.73 Å². The van der Waals surface area contributed by atoms with Gasteiger partial charge in [-0.25, -0.2) is 0 Å². The highest BCUT2D eigenvalue weighted by Gasteiger charge is 2.06. The molecule has 0 aliphatic rings. The van der Waals surface area contributed by atoms with E-state index in [0.717, 1.165) is 5.69 Å². The lowest BCUT2D eigenvalue weighted by molar-refractivity contribution is 0.868. The summed E-state index contributed by atoms with van der Waals surface area (Å²) in [5.41, 5.74) is 7.81. The highest BCUT2D eigenvalue weighted by Crippen LogP contribution is 2.25. The smallest absolute Gasteiger partial charge is 0.153 e. The number of anilines is 3. The summed E-state index contributed by atoms with van der Waals surface area (Å²) < 4.78 is 0. The van der Waals surface area contributed by atoms with Crippen LogP contribution in [0.4, 0.5) is 17.3 Å². The molecule has 0 fully saturated rings.